The van der Waals surface area contributed by atoms with Crippen molar-refractivity contribution >= 4 is 23.3 Å². The van der Waals surface area contributed by atoms with Gasteiger partial charge in [0.25, 0.3) is 0 Å². The zero-order valence-electron chi connectivity index (χ0n) is 16.2. The minimum absolute atomic E-state index is 0.00776. The Morgan fingerprint density at radius 2 is 2.00 bits per heavy atom. The second-order valence-electron chi connectivity index (χ2n) is 7.58. The van der Waals surface area contributed by atoms with E-state index in [1.165, 1.54) is 0 Å². The molecular weight excluding hydrogens is 342 g/mol. The molecule has 2 aliphatic rings. The highest BCUT2D eigenvalue weighted by molar-refractivity contribution is 5.98. The van der Waals surface area contributed by atoms with Gasteiger partial charge in [0.15, 0.2) is 0 Å². The fourth-order valence-corrected chi connectivity index (χ4v) is 4.28. The molecule has 0 bridgehead atoms. The van der Waals surface area contributed by atoms with Gasteiger partial charge in [0, 0.05) is 54.1 Å². The Balaban J connectivity index is 1.78. The Morgan fingerprint density at radius 3 is 2.63 bits per heavy atom. The van der Waals surface area contributed by atoms with Gasteiger partial charge in [-0.1, -0.05) is 6.07 Å². The maximum absolute atomic E-state index is 12.4. The zero-order valence-corrected chi connectivity index (χ0v) is 16.2. The number of hydrogen-bond acceptors (Lipinski definition) is 3. The summed E-state index contributed by atoms with van der Waals surface area (Å²) in [6.07, 6.45) is 0.405. The molecule has 0 saturated carbocycles. The number of urea groups is 1. The van der Waals surface area contributed by atoms with E-state index in [0.717, 1.165) is 33.9 Å². The van der Waals surface area contributed by atoms with Gasteiger partial charge in [-0.25, -0.2) is 4.79 Å². The third-order valence-electron chi connectivity index (χ3n) is 5.46. The molecule has 3 heterocycles. The molecule has 1 atom stereocenters. The van der Waals surface area contributed by atoms with Crippen molar-refractivity contribution in [2.24, 2.45) is 0 Å². The van der Waals surface area contributed by atoms with Crippen molar-refractivity contribution in [1.29, 1.82) is 0 Å². The van der Waals surface area contributed by atoms with E-state index in [4.69, 9.17) is 5.10 Å². The van der Waals surface area contributed by atoms with Crippen LogP contribution in [0.15, 0.2) is 18.2 Å². The average molecular weight is 367 g/mol. The first kappa shape index (κ1) is 17.6. The summed E-state index contributed by atoms with van der Waals surface area (Å²) in [6, 6.07) is 6.07. The van der Waals surface area contributed by atoms with Gasteiger partial charge in [0.2, 0.25) is 5.91 Å². The van der Waals surface area contributed by atoms with Crippen LogP contribution in [0, 0.1) is 13.8 Å². The van der Waals surface area contributed by atoms with Crippen molar-refractivity contribution < 1.29 is 9.59 Å². The summed E-state index contributed by atoms with van der Waals surface area (Å²) in [5, 5.41) is 10.5. The zero-order chi connectivity index (χ0) is 19.3. The molecule has 3 amide bonds. The quantitative estimate of drug-likeness (QED) is 0.875. The summed E-state index contributed by atoms with van der Waals surface area (Å²) in [5.41, 5.74) is 5.87. The number of rotatable bonds is 3. The fourth-order valence-electron chi connectivity index (χ4n) is 4.28. The molecule has 2 aromatic rings. The lowest BCUT2D eigenvalue weighted by Crippen LogP contribution is -2.29. The van der Waals surface area contributed by atoms with E-state index in [2.05, 4.69) is 31.4 Å². The van der Waals surface area contributed by atoms with Gasteiger partial charge in [-0.05, 0) is 45.4 Å². The van der Waals surface area contributed by atoms with Crippen molar-refractivity contribution in [2.75, 3.05) is 23.3 Å². The van der Waals surface area contributed by atoms with Crippen molar-refractivity contribution in [3.8, 4) is 0 Å². The van der Waals surface area contributed by atoms with Gasteiger partial charge in [-0.15, -0.1) is 0 Å². The maximum atomic E-state index is 12.4. The van der Waals surface area contributed by atoms with E-state index in [0.29, 0.717) is 19.5 Å². The van der Waals surface area contributed by atoms with E-state index in [-0.39, 0.29) is 23.9 Å². The summed E-state index contributed by atoms with van der Waals surface area (Å²) in [7, 11) is 0. The molecule has 7 heteroatoms. The Morgan fingerprint density at radius 1 is 1.22 bits per heavy atom. The van der Waals surface area contributed by atoms with Gasteiger partial charge in [-0.3, -0.25) is 14.4 Å². The molecule has 1 fully saturated rings. The molecule has 0 aliphatic carbocycles. The van der Waals surface area contributed by atoms with Crippen molar-refractivity contribution in [3.63, 3.8) is 0 Å². The van der Waals surface area contributed by atoms with Crippen LogP contribution in [0.25, 0.3) is 0 Å². The highest BCUT2D eigenvalue weighted by atomic mass is 16.2. The predicted molar refractivity (Wildman–Crippen MR) is 104 cm³/mol. The molecule has 2 aliphatic heterocycles. The number of hydrogen-bond donors (Lipinski definition) is 2. The van der Waals surface area contributed by atoms with Crippen LogP contribution in [0.3, 0.4) is 0 Å². The topological polar surface area (TPSA) is 79.3 Å². The summed E-state index contributed by atoms with van der Waals surface area (Å²) in [4.78, 5) is 26.1. The molecule has 0 radical (unpaired) electrons. The number of benzene rings is 1. The standard InChI is InChI=1S/C20H25N5O2/c1-11(2)25-13(4)19(12(3)23-25)16-10-18(26)22-17-9-14(5-6-15(16)17)24-8-7-21-20(24)27/h5-6,9,11,16H,7-8,10H2,1-4H3,(H,21,27)(H,22,26). The number of amides is 3. The van der Waals surface area contributed by atoms with Crippen molar-refractivity contribution in [3.05, 3.63) is 40.7 Å². The van der Waals surface area contributed by atoms with Crippen LogP contribution in [-0.4, -0.2) is 34.8 Å². The van der Waals surface area contributed by atoms with Crippen molar-refractivity contribution in [1.82, 2.24) is 15.1 Å². The number of fused-ring (bicyclic) bond motifs is 1. The summed E-state index contributed by atoms with van der Waals surface area (Å²) < 4.78 is 2.03. The monoisotopic (exact) mass is 367 g/mol. The lowest BCUT2D eigenvalue weighted by Gasteiger charge is -2.28. The van der Waals surface area contributed by atoms with Gasteiger partial charge >= 0.3 is 6.03 Å². The lowest BCUT2D eigenvalue weighted by atomic mass is 9.83. The summed E-state index contributed by atoms with van der Waals surface area (Å²) in [6.45, 7) is 9.57. The third-order valence-corrected chi connectivity index (χ3v) is 5.46. The Bertz CT molecular complexity index is 931. The van der Waals surface area contributed by atoms with Crippen LogP contribution in [0.5, 0.6) is 0 Å². The largest absolute Gasteiger partial charge is 0.336 e. The number of carbonyl (C=O) groups is 2. The molecule has 1 aromatic carbocycles. The van der Waals surface area contributed by atoms with Crippen LogP contribution in [0.2, 0.25) is 0 Å². The second-order valence-corrected chi connectivity index (χ2v) is 7.58. The van der Waals surface area contributed by atoms with E-state index in [9.17, 15) is 9.59 Å². The number of anilines is 2. The Hall–Kier alpha value is -2.83. The maximum Gasteiger partial charge on any atom is 0.321 e. The van der Waals surface area contributed by atoms with Gasteiger partial charge in [0.1, 0.15) is 0 Å². The molecular formula is C20H25N5O2. The number of carbonyl (C=O) groups excluding carboxylic acids is 2. The minimum atomic E-state index is -0.0986. The molecule has 7 nitrogen and oxygen atoms in total. The normalized spacial score (nSPS) is 19.3. The highest BCUT2D eigenvalue weighted by Gasteiger charge is 2.32. The van der Waals surface area contributed by atoms with Crippen LogP contribution >= 0.6 is 0 Å². The molecule has 2 N–H and O–H groups in total. The molecule has 1 aromatic heterocycles. The minimum Gasteiger partial charge on any atom is -0.336 e. The van der Waals surface area contributed by atoms with E-state index < -0.39 is 0 Å². The van der Waals surface area contributed by atoms with E-state index >= 15 is 0 Å². The smallest absolute Gasteiger partial charge is 0.321 e. The van der Waals surface area contributed by atoms with Crippen LogP contribution in [0.1, 0.15) is 54.7 Å². The fraction of sp³-hybridized carbons (Fsp3) is 0.450. The lowest BCUT2D eigenvalue weighted by molar-refractivity contribution is -0.116. The van der Waals surface area contributed by atoms with E-state index in [1.54, 1.807) is 4.90 Å². The molecule has 27 heavy (non-hydrogen) atoms. The molecule has 0 spiro atoms. The van der Waals surface area contributed by atoms with E-state index in [1.807, 2.05) is 29.8 Å². The number of nitrogens with zero attached hydrogens (tertiary/aromatic N) is 3. The number of nitrogens with one attached hydrogen (secondary N) is 2. The van der Waals surface area contributed by atoms with Gasteiger partial charge in [0.05, 0.1) is 5.69 Å². The second kappa shape index (κ2) is 6.40. The Kier molecular flexibility index (Phi) is 4.17. The molecule has 142 valence electrons. The summed E-state index contributed by atoms with van der Waals surface area (Å²) >= 11 is 0. The first-order valence-corrected chi connectivity index (χ1v) is 9.41. The Labute approximate surface area is 158 Å². The van der Waals surface area contributed by atoms with Crippen LogP contribution in [0.4, 0.5) is 16.2 Å². The SMILES string of the molecule is Cc1nn(C(C)C)c(C)c1C1CC(=O)Nc2cc(N3CCNC3=O)ccc21. The predicted octanol–water partition coefficient (Wildman–Crippen LogP) is 3.08. The molecule has 1 saturated heterocycles. The highest BCUT2D eigenvalue weighted by Crippen LogP contribution is 2.41. The van der Waals surface area contributed by atoms with Crippen molar-refractivity contribution in [2.45, 2.75) is 46.1 Å². The van der Waals surface area contributed by atoms with Gasteiger partial charge < -0.3 is 10.6 Å². The third kappa shape index (κ3) is 2.87. The number of aromatic nitrogens is 2. The van der Waals surface area contributed by atoms with Crippen LogP contribution < -0.4 is 15.5 Å². The first-order valence-electron chi connectivity index (χ1n) is 9.41. The molecule has 1 unspecified atom stereocenters. The first-order chi connectivity index (χ1) is 12.9. The van der Waals surface area contributed by atoms with Crippen LogP contribution in [-0.2, 0) is 4.79 Å². The summed E-state index contributed by atoms with van der Waals surface area (Å²) in [5.74, 6) is -0.0330. The number of aryl methyl sites for hydroxylation is 1. The van der Waals surface area contributed by atoms with Gasteiger partial charge in [-0.2, -0.15) is 5.10 Å². The average Bonchev–Trinajstić information content (AvgIpc) is 3.16. The molecule has 4 rings (SSSR count).